The molecule has 0 bridgehead atoms. The third-order valence-corrected chi connectivity index (χ3v) is 7.77. The molecule has 4 nitrogen and oxygen atoms in total. The Morgan fingerprint density at radius 1 is 0.500 bits per heavy atom. The van der Waals surface area contributed by atoms with Crippen molar-refractivity contribution >= 4 is 43.5 Å². The van der Waals surface area contributed by atoms with Gasteiger partial charge in [0.15, 0.2) is 0 Å². The van der Waals surface area contributed by atoms with Gasteiger partial charge in [-0.05, 0) is 35.4 Å². The van der Waals surface area contributed by atoms with Crippen LogP contribution in [0.25, 0.3) is 22.3 Å². The molecule has 0 aliphatic carbocycles. The topological polar surface area (TPSA) is 19.0 Å². The molecule has 0 aromatic heterocycles. The summed E-state index contributed by atoms with van der Waals surface area (Å²) in [5.41, 5.74) is 10.9. The van der Waals surface area contributed by atoms with Crippen molar-refractivity contribution < 1.29 is 23.5 Å². The molecule has 0 amide bonds. The van der Waals surface area contributed by atoms with Crippen molar-refractivity contribution in [1.29, 1.82) is 0 Å². The van der Waals surface area contributed by atoms with E-state index in [4.69, 9.17) is 4.74 Å². The van der Waals surface area contributed by atoms with E-state index in [9.17, 15) is 0 Å². The van der Waals surface area contributed by atoms with Crippen LogP contribution in [0.5, 0.6) is 5.75 Å². The van der Waals surface area contributed by atoms with E-state index in [-0.39, 0.29) is 0 Å². The van der Waals surface area contributed by atoms with E-state index in [1.54, 1.807) is 25.5 Å². The fourth-order valence-electron chi connectivity index (χ4n) is 5.82. The molecule has 0 spiro atoms. The van der Waals surface area contributed by atoms with Crippen LogP contribution in [-0.2, 0) is 18.8 Å². The van der Waals surface area contributed by atoms with E-state index >= 15 is 0 Å². The van der Waals surface area contributed by atoms with E-state index in [1.807, 2.05) is 23.1 Å². The van der Waals surface area contributed by atoms with Gasteiger partial charge in [0.2, 0.25) is 0 Å². The number of ether oxygens (including phenoxy) is 1. The van der Waals surface area contributed by atoms with Gasteiger partial charge in [-0.3, -0.25) is 0 Å². The molecule has 0 saturated carbocycles. The minimum atomic E-state index is 0.839. The maximum atomic E-state index is 5.82. The van der Waals surface area contributed by atoms with Crippen molar-refractivity contribution in [1.82, 2.24) is 0 Å². The molecular formula is C38H26ClN3OPt-3. The molecule has 0 N–H and O–H groups in total. The van der Waals surface area contributed by atoms with Crippen LogP contribution in [0.1, 0.15) is 0 Å². The van der Waals surface area contributed by atoms with E-state index < -0.39 is 0 Å². The van der Waals surface area contributed by atoms with Crippen molar-refractivity contribution in [3.63, 3.8) is 0 Å². The summed E-state index contributed by atoms with van der Waals surface area (Å²) in [7, 11) is 4.61. The molecule has 0 radical (unpaired) electrons. The fourth-order valence-corrected chi connectivity index (χ4v) is 5.82. The average Bonchev–Trinajstić information content (AvgIpc) is 3.72. The van der Waals surface area contributed by atoms with Crippen LogP contribution in [0.3, 0.4) is 0 Å². The van der Waals surface area contributed by atoms with Crippen LogP contribution in [0, 0.1) is 19.5 Å². The first-order chi connectivity index (χ1) is 21.8. The van der Waals surface area contributed by atoms with Gasteiger partial charge in [0, 0.05) is 28.2 Å². The van der Waals surface area contributed by atoms with E-state index in [0.717, 1.165) is 39.9 Å². The molecule has 219 valence electrons. The zero-order valence-corrected chi connectivity index (χ0v) is 26.5. The summed E-state index contributed by atoms with van der Waals surface area (Å²) in [5, 5.41) is 0. The van der Waals surface area contributed by atoms with Gasteiger partial charge < -0.3 is 19.4 Å². The Labute approximate surface area is 273 Å². The van der Waals surface area contributed by atoms with Crippen LogP contribution in [0.4, 0.5) is 34.1 Å². The zero-order chi connectivity index (χ0) is 29.9. The number of para-hydroxylation sites is 5. The Hall–Kier alpha value is -4.50. The molecule has 0 saturated heterocycles. The zero-order valence-electron chi connectivity index (χ0n) is 23.5. The molecule has 6 heteroatoms. The summed E-state index contributed by atoms with van der Waals surface area (Å²) in [5.74, 6) is 0.839. The monoisotopic (exact) mass is 770 g/mol. The van der Waals surface area contributed by atoms with Gasteiger partial charge in [-0.15, -0.1) is 36.2 Å². The second-order valence-corrected chi connectivity index (χ2v) is 10.3. The summed E-state index contributed by atoms with van der Waals surface area (Å²) < 4.78 is 5.82. The van der Waals surface area contributed by atoms with Crippen molar-refractivity contribution in [2.24, 2.45) is 0 Å². The number of hydrogen-bond acceptors (Lipinski definition) is 4. The first kappa shape index (κ1) is 28.3. The van der Waals surface area contributed by atoms with Gasteiger partial charge in [0.1, 0.15) is 5.75 Å². The normalized spacial score (nSPS) is 13.1. The number of halogens is 1. The number of anilines is 6. The minimum Gasteiger partial charge on any atom is -0.640 e. The molecule has 0 fully saturated rings. The molecule has 44 heavy (non-hydrogen) atoms. The van der Waals surface area contributed by atoms with Crippen LogP contribution < -0.4 is 19.4 Å². The molecule has 6 aromatic carbocycles. The second kappa shape index (κ2) is 12.6. The molecule has 0 unspecified atom stereocenters. The predicted octanol–water partition coefficient (Wildman–Crippen LogP) is 10.6. The third-order valence-electron chi connectivity index (χ3n) is 7.77. The summed E-state index contributed by atoms with van der Waals surface area (Å²) in [6.07, 6.45) is 0. The van der Waals surface area contributed by atoms with Crippen LogP contribution in [0.15, 0.2) is 146 Å². The molecular weight excluding hydrogens is 745 g/mol. The molecule has 8 rings (SSSR count). The van der Waals surface area contributed by atoms with Gasteiger partial charge in [-0.25, -0.2) is 0 Å². The van der Waals surface area contributed by atoms with Crippen molar-refractivity contribution in [2.45, 2.75) is 0 Å². The maximum Gasteiger partial charge on any atom is 0.108 e. The first-order valence-electron chi connectivity index (χ1n) is 14.1. The van der Waals surface area contributed by atoms with E-state index in [0.29, 0.717) is 0 Å². The summed E-state index contributed by atoms with van der Waals surface area (Å²) >= 11 is 1.61. The van der Waals surface area contributed by atoms with Crippen molar-refractivity contribution in [3.8, 4) is 28.0 Å². The number of fused-ring (bicyclic) bond motifs is 2. The molecule has 2 aliphatic rings. The third kappa shape index (κ3) is 5.15. The van der Waals surface area contributed by atoms with Crippen LogP contribution in [-0.4, -0.2) is 0 Å². The summed E-state index contributed by atoms with van der Waals surface area (Å²) in [6.45, 7) is 3.93. The summed E-state index contributed by atoms with van der Waals surface area (Å²) in [6, 6.07) is 54.3. The smallest absolute Gasteiger partial charge is 0.108 e. The van der Waals surface area contributed by atoms with Crippen molar-refractivity contribution in [2.75, 3.05) is 14.7 Å². The summed E-state index contributed by atoms with van der Waals surface area (Å²) in [4.78, 5) is 6.58. The predicted molar refractivity (Wildman–Crippen MR) is 177 cm³/mol. The quantitative estimate of drug-likeness (QED) is 0.163. The van der Waals surface area contributed by atoms with Crippen molar-refractivity contribution in [3.05, 3.63) is 165 Å². The largest absolute Gasteiger partial charge is 0.640 e. The Morgan fingerprint density at radius 3 is 1.64 bits per heavy atom. The van der Waals surface area contributed by atoms with Gasteiger partial charge in [-0.2, -0.15) is 6.07 Å². The molecule has 2 heterocycles. The van der Waals surface area contributed by atoms with Crippen LogP contribution >= 0.6 is 9.42 Å². The number of benzene rings is 6. The van der Waals surface area contributed by atoms with Gasteiger partial charge in [-0.1, -0.05) is 110 Å². The molecule has 6 aromatic rings. The van der Waals surface area contributed by atoms with E-state index in [2.05, 4.69) is 159 Å². The number of nitrogens with zero attached hydrogens (tertiary/aromatic N) is 3. The maximum absolute atomic E-state index is 5.82. The fraction of sp³-hybridized carbons (Fsp3) is 0. The van der Waals surface area contributed by atoms with Crippen LogP contribution in [0.2, 0.25) is 0 Å². The molecule has 2 aliphatic heterocycles. The number of hydrogen-bond donors (Lipinski definition) is 0. The standard InChI is InChI=1S/C38H26N3O.ClH.Pt/c1-3-13-28(14-4-1)32-19-12-20-33(29-15-5-2-6-16-29)38(32)40-26-39(34-21-7-8-22-35(34)40)30-17-11-18-31(25-30)41-27-42-37-24-10-9-23-36(37)41;;/h1-24,26-27H;1H;/q-3;;+1/p-1. The van der Waals surface area contributed by atoms with Gasteiger partial charge >= 0.3 is 28.2 Å². The SMILES string of the molecule is [Cl][Pt].[c-]1c(N2[CH-]Oc3ccccc32)cccc1N1[CH-]N(c2c(-c3ccccc3)cccc2-c2ccccc2)c2ccccc21. The van der Waals surface area contributed by atoms with Gasteiger partial charge in [0.05, 0.1) is 5.69 Å². The average molecular weight is 771 g/mol. The second-order valence-electron chi connectivity index (χ2n) is 10.3. The Kier molecular flexibility index (Phi) is 8.11. The Morgan fingerprint density at radius 2 is 1.00 bits per heavy atom. The number of rotatable bonds is 5. The van der Waals surface area contributed by atoms with E-state index in [1.165, 1.54) is 22.3 Å². The Bertz CT molecular complexity index is 1840. The Balaban J connectivity index is 0.00000153. The minimum absolute atomic E-state index is 0.839. The van der Waals surface area contributed by atoms with Gasteiger partial charge in [0.25, 0.3) is 0 Å². The molecule has 0 atom stereocenters. The first-order valence-corrected chi connectivity index (χ1v) is 17.0.